The molecule has 3 atom stereocenters. The molecule has 0 aromatic heterocycles. The van der Waals surface area contributed by atoms with Crippen molar-refractivity contribution in [1.29, 1.82) is 0 Å². The SMILES string of the molecule is CCNC(=NCC#Cc1ccccc1)NC1C2CCCOC2C1(C)C. The van der Waals surface area contributed by atoms with Gasteiger partial charge in [0.05, 0.1) is 6.10 Å². The predicted octanol–water partition coefficient (Wildman–Crippen LogP) is 2.80. The molecule has 4 heteroatoms. The molecule has 3 unspecified atom stereocenters. The summed E-state index contributed by atoms with van der Waals surface area (Å²) in [4.78, 5) is 4.63. The van der Waals surface area contributed by atoms with E-state index >= 15 is 0 Å². The Morgan fingerprint density at radius 1 is 1.32 bits per heavy atom. The van der Waals surface area contributed by atoms with Crippen molar-refractivity contribution in [1.82, 2.24) is 10.6 Å². The minimum atomic E-state index is 0.136. The molecule has 134 valence electrons. The summed E-state index contributed by atoms with van der Waals surface area (Å²) in [6.45, 7) is 8.90. The Morgan fingerprint density at radius 2 is 2.12 bits per heavy atom. The zero-order valence-corrected chi connectivity index (χ0v) is 15.5. The summed E-state index contributed by atoms with van der Waals surface area (Å²) in [5.74, 6) is 7.73. The van der Waals surface area contributed by atoms with Crippen molar-refractivity contribution >= 4 is 5.96 Å². The molecule has 25 heavy (non-hydrogen) atoms. The van der Waals surface area contributed by atoms with Crippen LogP contribution < -0.4 is 10.6 Å². The first-order chi connectivity index (χ1) is 12.1. The van der Waals surface area contributed by atoms with Crippen LogP contribution in [0.3, 0.4) is 0 Å². The third-order valence-electron chi connectivity index (χ3n) is 5.29. The number of nitrogens with zero attached hydrogens (tertiary/aromatic N) is 1. The normalized spacial score (nSPS) is 27.3. The summed E-state index contributed by atoms with van der Waals surface area (Å²) < 4.78 is 5.99. The van der Waals surface area contributed by atoms with Crippen molar-refractivity contribution in [2.24, 2.45) is 16.3 Å². The van der Waals surface area contributed by atoms with Gasteiger partial charge in [-0.3, -0.25) is 0 Å². The lowest BCUT2D eigenvalue weighted by Gasteiger charge is -2.60. The van der Waals surface area contributed by atoms with E-state index in [0.29, 0.717) is 24.6 Å². The van der Waals surface area contributed by atoms with Gasteiger partial charge in [0.25, 0.3) is 0 Å². The van der Waals surface area contributed by atoms with Crippen LogP contribution in [0, 0.1) is 23.2 Å². The minimum Gasteiger partial charge on any atom is -0.377 e. The van der Waals surface area contributed by atoms with E-state index in [1.807, 2.05) is 30.3 Å². The molecule has 1 aliphatic heterocycles. The van der Waals surface area contributed by atoms with Crippen LogP contribution in [0.15, 0.2) is 35.3 Å². The smallest absolute Gasteiger partial charge is 0.192 e. The Labute approximate surface area is 151 Å². The van der Waals surface area contributed by atoms with Crippen LogP contribution in [0.1, 0.15) is 39.2 Å². The van der Waals surface area contributed by atoms with Gasteiger partial charge < -0.3 is 15.4 Å². The highest BCUT2D eigenvalue weighted by Gasteiger charge is 2.58. The number of ether oxygens (including phenoxy) is 1. The fourth-order valence-corrected chi connectivity index (χ4v) is 4.06. The van der Waals surface area contributed by atoms with E-state index in [1.54, 1.807) is 0 Å². The zero-order chi connectivity index (χ0) is 17.7. The topological polar surface area (TPSA) is 45.7 Å². The molecule has 0 spiro atoms. The first-order valence-corrected chi connectivity index (χ1v) is 9.33. The fourth-order valence-electron chi connectivity index (χ4n) is 4.06. The third-order valence-corrected chi connectivity index (χ3v) is 5.29. The maximum atomic E-state index is 5.99. The van der Waals surface area contributed by atoms with Gasteiger partial charge in [-0.15, -0.1) is 0 Å². The van der Waals surface area contributed by atoms with Crippen LogP contribution in [-0.2, 0) is 4.74 Å². The van der Waals surface area contributed by atoms with E-state index in [-0.39, 0.29) is 5.41 Å². The highest BCUT2D eigenvalue weighted by molar-refractivity contribution is 5.80. The van der Waals surface area contributed by atoms with Gasteiger partial charge in [0.1, 0.15) is 6.54 Å². The van der Waals surface area contributed by atoms with Gasteiger partial charge in [-0.05, 0) is 31.9 Å². The Balaban J connectivity index is 1.62. The summed E-state index contributed by atoms with van der Waals surface area (Å²) in [6, 6.07) is 10.4. The number of rotatable bonds is 3. The van der Waals surface area contributed by atoms with Gasteiger partial charge in [0.15, 0.2) is 5.96 Å². The fraction of sp³-hybridized carbons (Fsp3) is 0.571. The monoisotopic (exact) mass is 339 g/mol. The van der Waals surface area contributed by atoms with Gasteiger partial charge in [0.2, 0.25) is 0 Å². The van der Waals surface area contributed by atoms with Crippen molar-refractivity contribution in [3.05, 3.63) is 35.9 Å². The Bertz CT molecular complexity index is 657. The number of guanidine groups is 1. The van der Waals surface area contributed by atoms with Gasteiger partial charge in [-0.25, -0.2) is 4.99 Å². The highest BCUT2D eigenvalue weighted by Crippen LogP contribution is 2.51. The van der Waals surface area contributed by atoms with Crippen molar-refractivity contribution in [2.75, 3.05) is 19.7 Å². The van der Waals surface area contributed by atoms with Crippen LogP contribution in [0.5, 0.6) is 0 Å². The van der Waals surface area contributed by atoms with E-state index in [4.69, 9.17) is 4.74 Å². The van der Waals surface area contributed by atoms with Crippen molar-refractivity contribution in [3.8, 4) is 11.8 Å². The average molecular weight is 339 g/mol. The molecule has 1 aromatic rings. The predicted molar refractivity (Wildman–Crippen MR) is 102 cm³/mol. The van der Waals surface area contributed by atoms with Crippen LogP contribution in [0.25, 0.3) is 0 Å². The first kappa shape index (κ1) is 17.8. The maximum Gasteiger partial charge on any atom is 0.192 e. The molecule has 3 rings (SSSR count). The Morgan fingerprint density at radius 3 is 2.88 bits per heavy atom. The molecule has 0 radical (unpaired) electrons. The average Bonchev–Trinajstić information content (AvgIpc) is 2.64. The van der Waals surface area contributed by atoms with Crippen molar-refractivity contribution in [3.63, 3.8) is 0 Å². The molecule has 1 saturated heterocycles. The second-order valence-corrected chi connectivity index (χ2v) is 7.40. The summed E-state index contributed by atoms with van der Waals surface area (Å²) in [5, 5.41) is 6.98. The molecular weight excluding hydrogens is 310 g/mol. The summed E-state index contributed by atoms with van der Waals surface area (Å²) >= 11 is 0. The maximum absolute atomic E-state index is 5.99. The molecule has 1 heterocycles. The molecule has 4 nitrogen and oxygen atoms in total. The number of hydrogen-bond acceptors (Lipinski definition) is 2. The molecule has 1 saturated carbocycles. The third kappa shape index (κ3) is 3.99. The summed E-state index contributed by atoms with van der Waals surface area (Å²) in [7, 11) is 0. The van der Waals surface area contributed by atoms with Crippen molar-refractivity contribution in [2.45, 2.75) is 45.8 Å². The lowest BCUT2D eigenvalue weighted by atomic mass is 9.55. The van der Waals surface area contributed by atoms with Gasteiger partial charge >= 0.3 is 0 Å². The molecular formula is C21H29N3O. The van der Waals surface area contributed by atoms with E-state index in [9.17, 15) is 0 Å². The van der Waals surface area contributed by atoms with Crippen LogP contribution >= 0.6 is 0 Å². The molecule has 2 fully saturated rings. The molecule has 1 aliphatic carbocycles. The first-order valence-electron chi connectivity index (χ1n) is 9.33. The second-order valence-electron chi connectivity index (χ2n) is 7.40. The standard InChI is InChI=1S/C21H29N3O/c1-4-22-20(23-14-8-12-16-10-6-5-7-11-16)24-18-17-13-9-15-25-19(17)21(18,2)3/h5-7,10-11,17-19H,4,9,13-15H2,1-3H3,(H2,22,23,24). The highest BCUT2D eigenvalue weighted by atomic mass is 16.5. The number of benzene rings is 1. The largest absolute Gasteiger partial charge is 0.377 e. The van der Waals surface area contributed by atoms with Gasteiger partial charge in [0, 0.05) is 36.1 Å². The molecule has 0 bridgehead atoms. The number of aliphatic imine (C=N–C) groups is 1. The minimum absolute atomic E-state index is 0.136. The van der Waals surface area contributed by atoms with Crippen LogP contribution in [0.2, 0.25) is 0 Å². The van der Waals surface area contributed by atoms with E-state index in [0.717, 1.165) is 31.1 Å². The number of hydrogen-bond donors (Lipinski definition) is 2. The summed E-state index contributed by atoms with van der Waals surface area (Å²) in [5.41, 5.74) is 1.16. The molecule has 0 amide bonds. The van der Waals surface area contributed by atoms with Crippen molar-refractivity contribution < 1.29 is 4.74 Å². The van der Waals surface area contributed by atoms with E-state index < -0.39 is 0 Å². The lowest BCUT2D eigenvalue weighted by molar-refractivity contribution is -0.188. The zero-order valence-electron chi connectivity index (χ0n) is 15.5. The molecule has 2 N–H and O–H groups in total. The number of nitrogens with one attached hydrogen (secondary N) is 2. The second kappa shape index (κ2) is 7.93. The molecule has 2 aliphatic rings. The lowest BCUT2D eigenvalue weighted by Crippen LogP contribution is -2.71. The van der Waals surface area contributed by atoms with Gasteiger partial charge in [-0.2, -0.15) is 0 Å². The van der Waals surface area contributed by atoms with E-state index in [1.165, 1.54) is 6.42 Å². The number of fused-ring (bicyclic) bond motifs is 1. The Hall–Kier alpha value is -1.99. The molecule has 1 aromatic carbocycles. The summed E-state index contributed by atoms with van der Waals surface area (Å²) in [6.07, 6.45) is 2.77. The van der Waals surface area contributed by atoms with Crippen LogP contribution in [-0.4, -0.2) is 37.8 Å². The van der Waals surface area contributed by atoms with Gasteiger partial charge in [-0.1, -0.05) is 43.9 Å². The Kier molecular flexibility index (Phi) is 5.65. The quantitative estimate of drug-likeness (QED) is 0.506. The van der Waals surface area contributed by atoms with E-state index in [2.05, 4.69) is 48.2 Å². The van der Waals surface area contributed by atoms with Crippen LogP contribution in [0.4, 0.5) is 0 Å².